The molecule has 80 valence electrons. The molecule has 1 aliphatic heterocycles. The Kier molecular flexibility index (Phi) is 2.73. The molecule has 0 aromatic heterocycles. The molecule has 1 heterocycles. The van der Waals surface area contributed by atoms with Crippen LogP contribution in [0.1, 0.15) is 30.0 Å². The van der Waals surface area contributed by atoms with E-state index in [1.165, 1.54) is 11.1 Å². The van der Waals surface area contributed by atoms with Crippen molar-refractivity contribution in [2.75, 3.05) is 0 Å². The second kappa shape index (κ2) is 4.03. The van der Waals surface area contributed by atoms with Crippen molar-refractivity contribution in [3.8, 4) is 0 Å². The van der Waals surface area contributed by atoms with Crippen molar-refractivity contribution in [2.45, 2.75) is 31.8 Å². The van der Waals surface area contributed by atoms with Crippen LogP contribution in [0.2, 0.25) is 0 Å². The molecule has 1 aliphatic rings. The van der Waals surface area contributed by atoms with E-state index in [0.717, 1.165) is 12.8 Å². The predicted molar refractivity (Wildman–Crippen MR) is 59.3 cm³/mol. The van der Waals surface area contributed by atoms with Crippen molar-refractivity contribution in [1.82, 2.24) is 5.32 Å². The molecule has 2 unspecified atom stereocenters. The van der Waals surface area contributed by atoms with Gasteiger partial charge in [0.15, 0.2) is 0 Å². The summed E-state index contributed by atoms with van der Waals surface area (Å²) in [5.74, 6) is -0.0345. The molecule has 0 aliphatic carbocycles. The lowest BCUT2D eigenvalue weighted by atomic mass is 9.94. The van der Waals surface area contributed by atoms with Gasteiger partial charge < -0.3 is 11.1 Å². The fourth-order valence-electron chi connectivity index (χ4n) is 1.97. The van der Waals surface area contributed by atoms with E-state index in [4.69, 9.17) is 5.73 Å². The number of hydrogen-bond acceptors (Lipinski definition) is 2. The van der Waals surface area contributed by atoms with Crippen molar-refractivity contribution in [3.63, 3.8) is 0 Å². The van der Waals surface area contributed by atoms with Gasteiger partial charge in [-0.2, -0.15) is 0 Å². The van der Waals surface area contributed by atoms with Gasteiger partial charge in [-0.3, -0.25) is 4.79 Å². The third-order valence-corrected chi connectivity index (χ3v) is 2.86. The number of nitrogens with one attached hydrogen (secondary N) is 1. The minimum Gasteiger partial charge on any atom is -0.348 e. The van der Waals surface area contributed by atoms with Crippen molar-refractivity contribution >= 4 is 5.91 Å². The van der Waals surface area contributed by atoms with Gasteiger partial charge in [-0.1, -0.05) is 29.8 Å². The lowest BCUT2D eigenvalue weighted by Crippen LogP contribution is -2.46. The van der Waals surface area contributed by atoms with Crippen LogP contribution in [-0.4, -0.2) is 11.9 Å². The molecule has 1 fully saturated rings. The van der Waals surface area contributed by atoms with Crippen LogP contribution in [0.5, 0.6) is 0 Å². The highest BCUT2D eigenvalue weighted by atomic mass is 16.2. The fourth-order valence-corrected chi connectivity index (χ4v) is 1.97. The molecular formula is C12H16N2O. The number of aryl methyl sites for hydroxylation is 1. The predicted octanol–water partition coefficient (Wildman–Crippen LogP) is 1.27. The molecule has 3 heteroatoms. The summed E-state index contributed by atoms with van der Waals surface area (Å²) in [7, 11) is 0. The largest absolute Gasteiger partial charge is 0.348 e. The molecule has 0 bridgehead atoms. The van der Waals surface area contributed by atoms with Crippen LogP contribution in [0.15, 0.2) is 24.3 Å². The lowest BCUT2D eigenvalue weighted by Gasteiger charge is -2.27. The molecule has 0 saturated carbocycles. The van der Waals surface area contributed by atoms with Crippen LogP contribution in [-0.2, 0) is 4.79 Å². The molecule has 2 rings (SSSR count). The zero-order valence-electron chi connectivity index (χ0n) is 8.86. The van der Waals surface area contributed by atoms with Crippen LogP contribution >= 0.6 is 0 Å². The summed E-state index contributed by atoms with van der Waals surface area (Å²) in [6, 6.07) is 8.05. The fraction of sp³-hybridized carbons (Fsp3) is 0.417. The van der Waals surface area contributed by atoms with Gasteiger partial charge in [-0.25, -0.2) is 0 Å². The van der Waals surface area contributed by atoms with Crippen LogP contribution in [0.4, 0.5) is 0 Å². The standard InChI is InChI=1S/C12H16N2O/c1-8-3-2-4-9(7-8)11-6-5-10(13)12(15)14-11/h2-4,7,10-11H,5-6,13H2,1H3,(H,14,15). The van der Waals surface area contributed by atoms with Gasteiger partial charge in [-0.15, -0.1) is 0 Å². The molecule has 1 amide bonds. The number of hydrogen-bond donors (Lipinski definition) is 2. The summed E-state index contributed by atoms with van der Waals surface area (Å²) in [6.45, 7) is 2.06. The Labute approximate surface area is 89.7 Å². The zero-order chi connectivity index (χ0) is 10.8. The van der Waals surface area contributed by atoms with E-state index in [1.54, 1.807) is 0 Å². The molecule has 2 atom stereocenters. The summed E-state index contributed by atoms with van der Waals surface area (Å²) < 4.78 is 0. The Morgan fingerprint density at radius 3 is 2.87 bits per heavy atom. The first-order chi connectivity index (χ1) is 7.16. The number of amides is 1. The topological polar surface area (TPSA) is 55.1 Å². The van der Waals surface area contributed by atoms with Crippen molar-refractivity contribution in [3.05, 3.63) is 35.4 Å². The van der Waals surface area contributed by atoms with Gasteiger partial charge in [0.05, 0.1) is 12.1 Å². The van der Waals surface area contributed by atoms with Gasteiger partial charge in [0, 0.05) is 0 Å². The highest BCUT2D eigenvalue weighted by molar-refractivity contribution is 5.82. The Bertz CT molecular complexity index is 376. The maximum atomic E-state index is 11.4. The highest BCUT2D eigenvalue weighted by Gasteiger charge is 2.25. The molecular weight excluding hydrogens is 188 g/mol. The number of benzene rings is 1. The van der Waals surface area contributed by atoms with Crippen LogP contribution < -0.4 is 11.1 Å². The number of carbonyl (C=O) groups excluding carboxylic acids is 1. The average Bonchev–Trinajstić information content (AvgIpc) is 2.22. The minimum atomic E-state index is -0.328. The van der Waals surface area contributed by atoms with E-state index in [0.29, 0.717) is 0 Å². The Morgan fingerprint density at radius 1 is 1.40 bits per heavy atom. The van der Waals surface area contributed by atoms with E-state index in [-0.39, 0.29) is 18.0 Å². The Hall–Kier alpha value is -1.35. The third kappa shape index (κ3) is 2.18. The van der Waals surface area contributed by atoms with Gasteiger partial charge in [0.2, 0.25) is 5.91 Å². The SMILES string of the molecule is Cc1cccc(C2CCC(N)C(=O)N2)c1. The molecule has 1 aromatic carbocycles. The lowest BCUT2D eigenvalue weighted by molar-refractivity contribution is -0.124. The Morgan fingerprint density at radius 2 is 2.20 bits per heavy atom. The minimum absolute atomic E-state index is 0.0345. The smallest absolute Gasteiger partial charge is 0.237 e. The van der Waals surface area contributed by atoms with Crippen LogP contribution in [0.25, 0.3) is 0 Å². The van der Waals surface area contributed by atoms with Crippen LogP contribution in [0.3, 0.4) is 0 Å². The third-order valence-electron chi connectivity index (χ3n) is 2.86. The quantitative estimate of drug-likeness (QED) is 0.724. The summed E-state index contributed by atoms with van der Waals surface area (Å²) in [5.41, 5.74) is 8.03. The molecule has 3 N–H and O–H groups in total. The molecule has 0 radical (unpaired) electrons. The molecule has 15 heavy (non-hydrogen) atoms. The maximum absolute atomic E-state index is 11.4. The number of piperidine rings is 1. The molecule has 1 aromatic rings. The summed E-state index contributed by atoms with van der Waals surface area (Å²) >= 11 is 0. The number of rotatable bonds is 1. The number of nitrogens with two attached hydrogens (primary N) is 1. The van der Waals surface area contributed by atoms with E-state index < -0.39 is 0 Å². The normalized spacial score (nSPS) is 26.1. The monoisotopic (exact) mass is 204 g/mol. The van der Waals surface area contributed by atoms with E-state index >= 15 is 0 Å². The molecule has 0 spiro atoms. The second-order valence-corrected chi connectivity index (χ2v) is 4.16. The van der Waals surface area contributed by atoms with E-state index in [9.17, 15) is 4.79 Å². The first kappa shape index (κ1) is 10.2. The summed E-state index contributed by atoms with van der Waals surface area (Å²) in [6.07, 6.45) is 1.70. The van der Waals surface area contributed by atoms with E-state index in [2.05, 4.69) is 30.4 Å². The van der Waals surface area contributed by atoms with Crippen LogP contribution in [0, 0.1) is 6.92 Å². The number of carbonyl (C=O) groups is 1. The second-order valence-electron chi connectivity index (χ2n) is 4.16. The molecule has 1 saturated heterocycles. The van der Waals surface area contributed by atoms with Crippen molar-refractivity contribution in [2.24, 2.45) is 5.73 Å². The average molecular weight is 204 g/mol. The molecule has 3 nitrogen and oxygen atoms in total. The Balaban J connectivity index is 2.15. The highest BCUT2D eigenvalue weighted by Crippen LogP contribution is 2.23. The maximum Gasteiger partial charge on any atom is 0.237 e. The van der Waals surface area contributed by atoms with Gasteiger partial charge in [0.1, 0.15) is 0 Å². The first-order valence-electron chi connectivity index (χ1n) is 5.29. The first-order valence-corrected chi connectivity index (χ1v) is 5.29. The summed E-state index contributed by atoms with van der Waals surface area (Å²) in [5, 5.41) is 2.95. The van der Waals surface area contributed by atoms with Crippen molar-refractivity contribution in [1.29, 1.82) is 0 Å². The van der Waals surface area contributed by atoms with Gasteiger partial charge in [-0.05, 0) is 25.3 Å². The summed E-state index contributed by atoms with van der Waals surface area (Å²) in [4.78, 5) is 11.4. The zero-order valence-corrected chi connectivity index (χ0v) is 8.86. The van der Waals surface area contributed by atoms with E-state index in [1.807, 2.05) is 6.07 Å². The van der Waals surface area contributed by atoms with Gasteiger partial charge >= 0.3 is 0 Å². The van der Waals surface area contributed by atoms with Gasteiger partial charge in [0.25, 0.3) is 0 Å². The van der Waals surface area contributed by atoms with Crippen molar-refractivity contribution < 1.29 is 4.79 Å².